The Labute approximate surface area is 203 Å². The van der Waals surface area contributed by atoms with Crippen LogP contribution in [0.3, 0.4) is 0 Å². The zero-order valence-corrected chi connectivity index (χ0v) is 20.7. The highest BCUT2D eigenvalue weighted by Gasteiger charge is 2.36. The number of hydrogen-bond donors (Lipinski definition) is 2. The summed E-state index contributed by atoms with van der Waals surface area (Å²) in [6, 6.07) is 4.34. The second-order valence-corrected chi connectivity index (χ2v) is 9.18. The van der Waals surface area contributed by atoms with E-state index in [1.807, 2.05) is 27.7 Å². The van der Waals surface area contributed by atoms with Crippen LogP contribution in [0, 0.1) is 5.92 Å². The Morgan fingerprint density at radius 2 is 1.63 bits per heavy atom. The van der Waals surface area contributed by atoms with Crippen LogP contribution < -0.4 is 21.9 Å². The molecule has 10 nitrogen and oxygen atoms in total. The van der Waals surface area contributed by atoms with Crippen LogP contribution in [0.4, 0.5) is 11.5 Å². The Kier molecular flexibility index (Phi) is 7.93. The van der Waals surface area contributed by atoms with Gasteiger partial charge in [0.15, 0.2) is 5.69 Å². The zero-order chi connectivity index (χ0) is 25.9. The van der Waals surface area contributed by atoms with Crippen molar-refractivity contribution in [3.05, 3.63) is 55.7 Å². The summed E-state index contributed by atoms with van der Waals surface area (Å²) in [5.74, 6) is -1.48. The number of anilines is 2. The normalized spacial score (nSPS) is 13.0. The SMILES string of the molecule is CCCCN1C(=O)c2ccc(C(=O)N(CC(C)C)c3c(N)n(CCCC)c(=O)[nH]c3=O)cc2C1=O. The van der Waals surface area contributed by atoms with Crippen molar-refractivity contribution >= 4 is 29.2 Å². The summed E-state index contributed by atoms with van der Waals surface area (Å²) >= 11 is 0. The molecule has 1 aliphatic heterocycles. The number of amides is 3. The van der Waals surface area contributed by atoms with Gasteiger partial charge in [-0.3, -0.25) is 33.6 Å². The molecule has 0 spiro atoms. The average Bonchev–Trinajstić information content (AvgIpc) is 3.05. The van der Waals surface area contributed by atoms with E-state index in [9.17, 15) is 24.0 Å². The molecular weight excluding hydrogens is 450 g/mol. The van der Waals surface area contributed by atoms with E-state index >= 15 is 0 Å². The number of nitrogens with two attached hydrogens (primary N) is 1. The molecule has 35 heavy (non-hydrogen) atoms. The van der Waals surface area contributed by atoms with Gasteiger partial charge in [0, 0.05) is 25.2 Å². The molecule has 0 saturated heterocycles. The van der Waals surface area contributed by atoms with Crippen molar-refractivity contribution in [2.75, 3.05) is 23.7 Å². The van der Waals surface area contributed by atoms with Gasteiger partial charge in [-0.1, -0.05) is 40.5 Å². The number of H-pyrrole nitrogens is 1. The van der Waals surface area contributed by atoms with Crippen LogP contribution in [0.1, 0.15) is 84.5 Å². The molecule has 0 atom stereocenters. The number of carbonyl (C=O) groups is 3. The van der Waals surface area contributed by atoms with Crippen molar-refractivity contribution in [2.45, 2.75) is 59.9 Å². The number of imide groups is 1. The topological polar surface area (TPSA) is 139 Å². The molecule has 0 bridgehead atoms. The summed E-state index contributed by atoms with van der Waals surface area (Å²) in [6.07, 6.45) is 3.00. The lowest BCUT2D eigenvalue weighted by molar-refractivity contribution is 0.0652. The van der Waals surface area contributed by atoms with E-state index in [0.717, 1.165) is 12.8 Å². The Morgan fingerprint density at radius 3 is 2.26 bits per heavy atom. The van der Waals surface area contributed by atoms with E-state index in [0.29, 0.717) is 25.9 Å². The highest BCUT2D eigenvalue weighted by atomic mass is 16.2. The van der Waals surface area contributed by atoms with Crippen molar-refractivity contribution in [3.8, 4) is 0 Å². The first-order valence-electron chi connectivity index (χ1n) is 12.1. The van der Waals surface area contributed by atoms with Crippen LogP contribution in [-0.4, -0.2) is 45.3 Å². The van der Waals surface area contributed by atoms with Crippen molar-refractivity contribution in [1.29, 1.82) is 0 Å². The predicted molar refractivity (Wildman–Crippen MR) is 134 cm³/mol. The minimum atomic E-state index is -0.757. The van der Waals surface area contributed by atoms with E-state index in [-0.39, 0.29) is 46.6 Å². The first kappa shape index (κ1) is 25.9. The lowest BCUT2D eigenvalue weighted by atomic mass is 10.0. The lowest BCUT2D eigenvalue weighted by Gasteiger charge is -2.26. The maximum absolute atomic E-state index is 13.7. The van der Waals surface area contributed by atoms with Crippen molar-refractivity contribution in [2.24, 2.45) is 5.92 Å². The summed E-state index contributed by atoms with van der Waals surface area (Å²) in [5.41, 5.74) is 5.33. The summed E-state index contributed by atoms with van der Waals surface area (Å²) < 4.78 is 1.26. The van der Waals surface area contributed by atoms with E-state index in [4.69, 9.17) is 5.73 Å². The molecule has 10 heteroatoms. The number of carbonyl (C=O) groups excluding carboxylic acids is 3. The molecule has 0 unspecified atom stereocenters. The fraction of sp³-hybridized carbons (Fsp3) is 0.480. The average molecular weight is 484 g/mol. The summed E-state index contributed by atoms with van der Waals surface area (Å²) in [5, 5.41) is 0. The molecule has 3 amide bonds. The van der Waals surface area contributed by atoms with Gasteiger partial charge in [0.2, 0.25) is 0 Å². The number of fused-ring (bicyclic) bond motifs is 1. The number of benzene rings is 1. The molecule has 1 aromatic heterocycles. The number of hydrogen-bond acceptors (Lipinski definition) is 6. The van der Waals surface area contributed by atoms with Gasteiger partial charge in [-0.25, -0.2) is 4.79 Å². The Hall–Kier alpha value is -3.69. The molecule has 1 aromatic carbocycles. The number of unbranched alkanes of at least 4 members (excludes halogenated alkanes) is 2. The summed E-state index contributed by atoms with van der Waals surface area (Å²) in [4.78, 5) is 69.1. The maximum atomic E-state index is 13.7. The third-order valence-corrected chi connectivity index (χ3v) is 5.97. The van der Waals surface area contributed by atoms with Crippen molar-refractivity contribution in [1.82, 2.24) is 14.5 Å². The van der Waals surface area contributed by atoms with Crippen LogP contribution in [0.5, 0.6) is 0 Å². The molecule has 0 fully saturated rings. The van der Waals surface area contributed by atoms with Crippen molar-refractivity contribution in [3.63, 3.8) is 0 Å². The molecule has 0 radical (unpaired) electrons. The first-order chi connectivity index (χ1) is 16.6. The van der Waals surface area contributed by atoms with Gasteiger partial charge < -0.3 is 10.6 Å². The highest BCUT2D eigenvalue weighted by Crippen LogP contribution is 2.27. The van der Waals surface area contributed by atoms with E-state index in [1.54, 1.807) is 0 Å². The van der Waals surface area contributed by atoms with Crippen LogP contribution >= 0.6 is 0 Å². The third-order valence-electron chi connectivity index (χ3n) is 5.97. The van der Waals surface area contributed by atoms with Gasteiger partial charge in [0.25, 0.3) is 23.3 Å². The molecule has 2 aromatic rings. The first-order valence-corrected chi connectivity index (χ1v) is 12.1. The second-order valence-electron chi connectivity index (χ2n) is 9.18. The van der Waals surface area contributed by atoms with Gasteiger partial charge in [0.05, 0.1) is 11.1 Å². The number of aromatic nitrogens is 2. The number of nitrogens with zero attached hydrogens (tertiary/aromatic N) is 3. The van der Waals surface area contributed by atoms with Gasteiger partial charge in [-0.15, -0.1) is 0 Å². The molecule has 2 heterocycles. The maximum Gasteiger partial charge on any atom is 0.330 e. The molecule has 3 N–H and O–H groups in total. The van der Waals surface area contributed by atoms with Crippen LogP contribution in [0.2, 0.25) is 0 Å². The molecule has 188 valence electrons. The predicted octanol–water partition coefficient (Wildman–Crippen LogP) is 2.62. The van der Waals surface area contributed by atoms with Gasteiger partial charge in [-0.05, 0) is 37.0 Å². The molecule has 0 aliphatic carbocycles. The number of aromatic amines is 1. The second kappa shape index (κ2) is 10.7. The van der Waals surface area contributed by atoms with E-state index in [1.165, 1.54) is 32.6 Å². The number of rotatable bonds is 10. The molecular formula is C25H33N5O5. The van der Waals surface area contributed by atoms with Crippen molar-refractivity contribution < 1.29 is 14.4 Å². The fourth-order valence-electron chi connectivity index (χ4n) is 4.12. The third kappa shape index (κ3) is 5.06. The Balaban J connectivity index is 2.06. The van der Waals surface area contributed by atoms with E-state index in [2.05, 4.69) is 4.98 Å². The fourth-order valence-corrected chi connectivity index (χ4v) is 4.12. The quantitative estimate of drug-likeness (QED) is 0.498. The minimum Gasteiger partial charge on any atom is -0.383 e. The molecule has 3 rings (SSSR count). The Morgan fingerprint density at radius 1 is 1.00 bits per heavy atom. The molecule has 1 aliphatic rings. The summed E-state index contributed by atoms with van der Waals surface area (Å²) in [7, 11) is 0. The Bertz CT molecular complexity index is 1260. The minimum absolute atomic E-state index is 0.0315. The smallest absolute Gasteiger partial charge is 0.330 e. The molecule has 0 saturated carbocycles. The monoisotopic (exact) mass is 483 g/mol. The number of nitrogens with one attached hydrogen (secondary N) is 1. The summed E-state index contributed by atoms with van der Waals surface area (Å²) in [6.45, 7) is 8.48. The van der Waals surface area contributed by atoms with Gasteiger partial charge in [0.1, 0.15) is 5.82 Å². The van der Waals surface area contributed by atoms with Crippen LogP contribution in [0.25, 0.3) is 0 Å². The highest BCUT2D eigenvalue weighted by molar-refractivity contribution is 6.22. The zero-order valence-electron chi connectivity index (χ0n) is 20.7. The number of nitrogen functional groups attached to an aromatic ring is 1. The van der Waals surface area contributed by atoms with Gasteiger partial charge >= 0.3 is 5.69 Å². The van der Waals surface area contributed by atoms with Crippen LogP contribution in [-0.2, 0) is 6.54 Å². The largest absolute Gasteiger partial charge is 0.383 e. The van der Waals surface area contributed by atoms with Crippen LogP contribution in [0.15, 0.2) is 27.8 Å². The standard InChI is InChI=1S/C25H33N5O5/c1-5-7-11-28-20(26)19(21(31)27-25(28)35)30(14-15(3)4)22(32)16-9-10-17-18(13-16)24(34)29(23(17)33)12-8-6-2/h9-10,13,15H,5-8,11-12,14,26H2,1-4H3,(H,27,31,35). The van der Waals surface area contributed by atoms with Gasteiger partial charge in [-0.2, -0.15) is 0 Å². The lowest BCUT2D eigenvalue weighted by Crippen LogP contribution is -2.42. The van der Waals surface area contributed by atoms with E-state index < -0.39 is 23.1 Å².